The smallest absolute Gasteiger partial charge is 0.228 e. The zero-order valence-corrected chi connectivity index (χ0v) is 15.4. The fraction of sp³-hybridized carbons (Fsp3) is 0.286. The van der Waals surface area contributed by atoms with Crippen molar-refractivity contribution in [3.63, 3.8) is 0 Å². The first-order valence-electron chi connectivity index (χ1n) is 8.95. The molecule has 1 heterocycles. The lowest BCUT2D eigenvalue weighted by Crippen LogP contribution is -2.39. The Bertz CT molecular complexity index is 876. The van der Waals surface area contributed by atoms with Crippen LogP contribution in [0, 0.1) is 5.82 Å². The van der Waals surface area contributed by atoms with E-state index < -0.39 is 0 Å². The normalized spacial score (nSPS) is 11.0. The lowest BCUT2D eigenvalue weighted by molar-refractivity contribution is -0.132. The topological polar surface area (TPSA) is 59.2 Å². The van der Waals surface area contributed by atoms with Gasteiger partial charge in [-0.15, -0.1) is 0 Å². The highest BCUT2D eigenvalue weighted by molar-refractivity contribution is 5.79. The molecule has 0 saturated carbocycles. The van der Waals surface area contributed by atoms with Gasteiger partial charge in [0.05, 0.1) is 6.42 Å². The Labute approximate surface area is 157 Å². The molecule has 0 bridgehead atoms. The van der Waals surface area contributed by atoms with E-state index in [1.165, 1.54) is 12.1 Å². The number of aromatic nitrogens is 2. The van der Waals surface area contributed by atoms with Gasteiger partial charge in [-0.2, -0.15) is 4.98 Å². The number of rotatable bonds is 7. The van der Waals surface area contributed by atoms with Gasteiger partial charge in [0.15, 0.2) is 0 Å². The molecule has 1 amide bonds. The highest BCUT2D eigenvalue weighted by Gasteiger charge is 2.19. The summed E-state index contributed by atoms with van der Waals surface area (Å²) in [5, 5.41) is 4.01. The van der Waals surface area contributed by atoms with E-state index in [1.54, 1.807) is 17.0 Å². The van der Waals surface area contributed by atoms with Gasteiger partial charge in [-0.05, 0) is 31.5 Å². The molecule has 1 aromatic heterocycles. The Morgan fingerprint density at radius 1 is 1.11 bits per heavy atom. The van der Waals surface area contributed by atoms with Crippen LogP contribution in [0.2, 0.25) is 0 Å². The summed E-state index contributed by atoms with van der Waals surface area (Å²) in [4.78, 5) is 18.8. The minimum Gasteiger partial charge on any atom is -0.339 e. The summed E-state index contributed by atoms with van der Waals surface area (Å²) >= 11 is 0. The lowest BCUT2D eigenvalue weighted by Gasteiger charge is -2.26. The molecule has 6 heteroatoms. The quantitative estimate of drug-likeness (QED) is 0.635. The minimum atomic E-state index is -0.308. The third-order valence-corrected chi connectivity index (χ3v) is 4.28. The van der Waals surface area contributed by atoms with Crippen molar-refractivity contribution in [1.29, 1.82) is 0 Å². The van der Waals surface area contributed by atoms with Gasteiger partial charge in [-0.1, -0.05) is 47.6 Å². The Morgan fingerprint density at radius 3 is 2.48 bits per heavy atom. The second kappa shape index (κ2) is 8.58. The van der Waals surface area contributed by atoms with Crippen molar-refractivity contribution in [2.75, 3.05) is 6.54 Å². The summed E-state index contributed by atoms with van der Waals surface area (Å²) in [6, 6.07) is 15.6. The molecule has 0 aliphatic heterocycles. The molecular formula is C21H22FN3O2. The molecule has 3 aromatic rings. The molecule has 0 N–H and O–H groups in total. The number of hydrogen-bond acceptors (Lipinski definition) is 4. The van der Waals surface area contributed by atoms with Crippen molar-refractivity contribution in [2.45, 2.75) is 32.7 Å². The first kappa shape index (κ1) is 18.8. The standard InChI is InChI=1S/C21H22FN3O2/c1-15(2)25(20(26)14-16-8-10-18(22)11-9-16)13-12-19-23-21(24-27-19)17-6-4-3-5-7-17/h3-11,15H,12-14H2,1-2H3. The van der Waals surface area contributed by atoms with Gasteiger partial charge in [0.1, 0.15) is 5.82 Å². The summed E-state index contributed by atoms with van der Waals surface area (Å²) in [7, 11) is 0. The highest BCUT2D eigenvalue weighted by atomic mass is 19.1. The first-order chi connectivity index (χ1) is 13.0. The molecule has 0 aliphatic carbocycles. The van der Waals surface area contributed by atoms with Gasteiger partial charge in [0.2, 0.25) is 17.6 Å². The van der Waals surface area contributed by atoms with Crippen molar-refractivity contribution >= 4 is 5.91 Å². The number of carbonyl (C=O) groups excluding carboxylic acids is 1. The molecule has 27 heavy (non-hydrogen) atoms. The maximum absolute atomic E-state index is 13.0. The third kappa shape index (κ3) is 5.00. The molecule has 0 unspecified atom stereocenters. The number of nitrogens with zero attached hydrogens (tertiary/aromatic N) is 3. The maximum atomic E-state index is 13.0. The van der Waals surface area contributed by atoms with E-state index in [2.05, 4.69) is 10.1 Å². The van der Waals surface area contributed by atoms with Crippen LogP contribution in [0.4, 0.5) is 4.39 Å². The second-order valence-electron chi connectivity index (χ2n) is 6.61. The van der Waals surface area contributed by atoms with Crippen LogP contribution >= 0.6 is 0 Å². The van der Waals surface area contributed by atoms with Crippen LogP contribution in [0.15, 0.2) is 59.1 Å². The van der Waals surface area contributed by atoms with E-state index in [0.29, 0.717) is 24.7 Å². The van der Waals surface area contributed by atoms with Gasteiger partial charge < -0.3 is 9.42 Å². The highest BCUT2D eigenvalue weighted by Crippen LogP contribution is 2.15. The fourth-order valence-electron chi connectivity index (χ4n) is 2.83. The molecule has 0 spiro atoms. The second-order valence-corrected chi connectivity index (χ2v) is 6.61. The van der Waals surface area contributed by atoms with E-state index in [1.807, 2.05) is 44.2 Å². The predicted octanol–water partition coefficient (Wildman–Crippen LogP) is 3.90. The van der Waals surface area contributed by atoms with Gasteiger partial charge in [-0.25, -0.2) is 4.39 Å². The van der Waals surface area contributed by atoms with Gasteiger partial charge in [0, 0.05) is 24.6 Å². The minimum absolute atomic E-state index is 0.0144. The molecule has 2 aromatic carbocycles. The van der Waals surface area contributed by atoms with E-state index in [9.17, 15) is 9.18 Å². The van der Waals surface area contributed by atoms with E-state index >= 15 is 0 Å². The summed E-state index contributed by atoms with van der Waals surface area (Å²) in [6.07, 6.45) is 0.713. The van der Waals surface area contributed by atoms with Crippen LogP contribution in [0.5, 0.6) is 0 Å². The van der Waals surface area contributed by atoms with Crippen LogP contribution in [-0.2, 0) is 17.6 Å². The average Bonchev–Trinajstić information content (AvgIpc) is 3.13. The number of halogens is 1. The number of benzene rings is 2. The molecule has 0 atom stereocenters. The van der Waals surface area contributed by atoms with Crippen molar-refractivity contribution in [3.8, 4) is 11.4 Å². The zero-order chi connectivity index (χ0) is 19.2. The SMILES string of the molecule is CC(C)N(CCc1nc(-c2ccccc2)no1)C(=O)Cc1ccc(F)cc1. The Balaban J connectivity index is 1.62. The van der Waals surface area contributed by atoms with Crippen LogP contribution in [0.3, 0.4) is 0 Å². The van der Waals surface area contributed by atoms with E-state index in [4.69, 9.17) is 4.52 Å². The van der Waals surface area contributed by atoms with Crippen molar-refractivity contribution in [1.82, 2.24) is 15.0 Å². The van der Waals surface area contributed by atoms with E-state index in [0.717, 1.165) is 11.1 Å². The molecule has 140 valence electrons. The number of carbonyl (C=O) groups is 1. The third-order valence-electron chi connectivity index (χ3n) is 4.28. The number of amides is 1. The summed E-state index contributed by atoms with van der Waals surface area (Å²) in [5.74, 6) is 0.713. The molecule has 0 saturated heterocycles. The summed E-state index contributed by atoms with van der Waals surface area (Å²) in [5.41, 5.74) is 1.68. The fourth-order valence-corrected chi connectivity index (χ4v) is 2.83. The van der Waals surface area contributed by atoms with Crippen molar-refractivity contribution < 1.29 is 13.7 Å². The van der Waals surface area contributed by atoms with Crippen LogP contribution in [-0.4, -0.2) is 33.5 Å². The van der Waals surface area contributed by atoms with Crippen molar-refractivity contribution in [3.05, 3.63) is 71.9 Å². The number of hydrogen-bond donors (Lipinski definition) is 0. The molecule has 0 radical (unpaired) electrons. The monoisotopic (exact) mass is 367 g/mol. The average molecular weight is 367 g/mol. The van der Waals surface area contributed by atoms with Crippen molar-refractivity contribution in [2.24, 2.45) is 0 Å². The predicted molar refractivity (Wildman–Crippen MR) is 100 cm³/mol. The lowest BCUT2D eigenvalue weighted by atomic mass is 10.1. The molecular weight excluding hydrogens is 345 g/mol. The Hall–Kier alpha value is -3.02. The summed E-state index contributed by atoms with van der Waals surface area (Å²) < 4.78 is 18.3. The maximum Gasteiger partial charge on any atom is 0.228 e. The largest absolute Gasteiger partial charge is 0.339 e. The molecule has 0 aliphatic rings. The Morgan fingerprint density at radius 2 is 1.81 bits per heavy atom. The summed E-state index contributed by atoms with van der Waals surface area (Å²) in [6.45, 7) is 4.41. The molecule has 0 fully saturated rings. The van der Waals surface area contributed by atoms with Crippen LogP contribution in [0.1, 0.15) is 25.3 Å². The molecule has 3 rings (SSSR count). The van der Waals surface area contributed by atoms with Gasteiger partial charge >= 0.3 is 0 Å². The van der Waals surface area contributed by atoms with Gasteiger partial charge in [-0.3, -0.25) is 4.79 Å². The van der Waals surface area contributed by atoms with Crippen LogP contribution < -0.4 is 0 Å². The van der Waals surface area contributed by atoms with E-state index in [-0.39, 0.29) is 24.2 Å². The zero-order valence-electron chi connectivity index (χ0n) is 15.4. The first-order valence-corrected chi connectivity index (χ1v) is 8.95. The Kier molecular flexibility index (Phi) is 5.96. The molecule has 5 nitrogen and oxygen atoms in total. The van der Waals surface area contributed by atoms with Gasteiger partial charge in [0.25, 0.3) is 0 Å². The van der Waals surface area contributed by atoms with Crippen LogP contribution in [0.25, 0.3) is 11.4 Å².